The van der Waals surface area contributed by atoms with Crippen LogP contribution in [-0.4, -0.2) is 12.1 Å². The molecule has 1 heterocycles. The second-order valence-electron chi connectivity index (χ2n) is 3.72. The summed E-state index contributed by atoms with van der Waals surface area (Å²) in [4.78, 5) is 11.6. The van der Waals surface area contributed by atoms with E-state index in [1.54, 1.807) is 19.9 Å². The molecule has 1 aromatic carbocycles. The Bertz CT molecular complexity index is 528. The number of furan rings is 1. The summed E-state index contributed by atoms with van der Waals surface area (Å²) >= 11 is 3.36. The van der Waals surface area contributed by atoms with Crippen LogP contribution in [0.25, 0.3) is 11.0 Å². The smallest absolute Gasteiger partial charge is 0.374 e. The first-order valence-electron chi connectivity index (χ1n) is 4.97. The molecule has 3 nitrogen and oxygen atoms in total. The number of rotatable bonds is 2. The van der Waals surface area contributed by atoms with E-state index in [0.717, 1.165) is 9.86 Å². The quantitative estimate of drug-likeness (QED) is 0.788. The number of benzene rings is 1. The number of hydrogen-bond acceptors (Lipinski definition) is 3. The van der Waals surface area contributed by atoms with Crippen LogP contribution in [0.4, 0.5) is 0 Å². The molecule has 1 aromatic heterocycles. The van der Waals surface area contributed by atoms with E-state index < -0.39 is 5.97 Å². The van der Waals surface area contributed by atoms with Crippen LogP contribution >= 0.6 is 15.9 Å². The number of ether oxygens (including phenoxy) is 1. The third-order valence-electron chi connectivity index (χ3n) is 2.04. The number of para-hydroxylation sites is 1. The normalized spacial score (nSPS) is 11.0. The minimum Gasteiger partial charge on any atom is -0.457 e. The average Bonchev–Trinajstić information content (AvgIpc) is 2.61. The van der Waals surface area contributed by atoms with E-state index in [0.29, 0.717) is 5.58 Å². The Labute approximate surface area is 102 Å². The summed E-state index contributed by atoms with van der Waals surface area (Å²) in [5.41, 5.74) is 0.665. The van der Waals surface area contributed by atoms with Crippen LogP contribution in [0.3, 0.4) is 0 Å². The maximum atomic E-state index is 11.6. The Kier molecular flexibility index (Phi) is 3.01. The number of carbonyl (C=O) groups is 1. The van der Waals surface area contributed by atoms with Gasteiger partial charge in [0.05, 0.1) is 10.6 Å². The predicted octanol–water partition coefficient (Wildman–Crippen LogP) is 3.76. The molecule has 0 atom stereocenters. The molecule has 0 unspecified atom stereocenters. The van der Waals surface area contributed by atoms with E-state index in [4.69, 9.17) is 9.15 Å². The lowest BCUT2D eigenvalue weighted by Gasteiger charge is -2.04. The second kappa shape index (κ2) is 4.29. The summed E-state index contributed by atoms with van der Waals surface area (Å²) in [6, 6.07) is 7.32. The van der Waals surface area contributed by atoms with E-state index >= 15 is 0 Å². The van der Waals surface area contributed by atoms with Gasteiger partial charge in [0.25, 0.3) is 0 Å². The third-order valence-corrected chi connectivity index (χ3v) is 2.66. The molecule has 0 aliphatic heterocycles. The fraction of sp³-hybridized carbons (Fsp3) is 0.250. The first kappa shape index (κ1) is 11.2. The molecule has 2 rings (SSSR count). The molecule has 2 aromatic rings. The number of halogens is 1. The maximum Gasteiger partial charge on any atom is 0.374 e. The van der Waals surface area contributed by atoms with Gasteiger partial charge < -0.3 is 9.15 Å². The highest BCUT2D eigenvalue weighted by Crippen LogP contribution is 2.27. The molecule has 0 aliphatic carbocycles. The van der Waals surface area contributed by atoms with Crippen LogP contribution in [0.1, 0.15) is 24.4 Å². The van der Waals surface area contributed by atoms with Gasteiger partial charge in [-0.25, -0.2) is 4.79 Å². The minimum atomic E-state index is -0.432. The monoisotopic (exact) mass is 282 g/mol. The van der Waals surface area contributed by atoms with Crippen LogP contribution < -0.4 is 0 Å². The number of carbonyl (C=O) groups excluding carboxylic acids is 1. The summed E-state index contributed by atoms with van der Waals surface area (Å²) in [5.74, 6) is -0.200. The molecule has 0 bridgehead atoms. The van der Waals surface area contributed by atoms with Crippen LogP contribution in [0.2, 0.25) is 0 Å². The van der Waals surface area contributed by atoms with E-state index in [-0.39, 0.29) is 11.9 Å². The molecular formula is C12H11BrO3. The van der Waals surface area contributed by atoms with Crippen molar-refractivity contribution in [3.05, 3.63) is 34.5 Å². The Morgan fingerprint density at radius 1 is 1.44 bits per heavy atom. The minimum absolute atomic E-state index is 0.149. The Morgan fingerprint density at radius 3 is 2.81 bits per heavy atom. The lowest BCUT2D eigenvalue weighted by Crippen LogP contribution is -2.10. The standard InChI is InChI=1S/C12H11BrO3/c1-7(2)15-12(14)10-6-8-4-3-5-9(13)11(8)16-10/h3-7H,1-2H3. The zero-order chi connectivity index (χ0) is 11.7. The Hall–Kier alpha value is -1.29. The molecule has 84 valence electrons. The van der Waals surface area contributed by atoms with Gasteiger partial charge in [0, 0.05) is 5.39 Å². The largest absolute Gasteiger partial charge is 0.457 e. The van der Waals surface area contributed by atoms with Crippen LogP contribution in [0.5, 0.6) is 0 Å². The molecule has 0 aliphatic rings. The average molecular weight is 283 g/mol. The van der Waals surface area contributed by atoms with Crippen molar-refractivity contribution in [2.75, 3.05) is 0 Å². The lowest BCUT2D eigenvalue weighted by molar-refractivity contribution is 0.0344. The van der Waals surface area contributed by atoms with E-state index in [9.17, 15) is 4.79 Å². The second-order valence-corrected chi connectivity index (χ2v) is 4.58. The van der Waals surface area contributed by atoms with Crippen molar-refractivity contribution in [2.45, 2.75) is 20.0 Å². The van der Waals surface area contributed by atoms with E-state index in [1.807, 2.05) is 18.2 Å². The number of fused-ring (bicyclic) bond motifs is 1. The Morgan fingerprint density at radius 2 is 2.19 bits per heavy atom. The van der Waals surface area contributed by atoms with Crippen LogP contribution in [0, 0.1) is 0 Å². The first-order valence-corrected chi connectivity index (χ1v) is 5.76. The van der Waals surface area contributed by atoms with Crippen molar-refractivity contribution < 1.29 is 13.9 Å². The van der Waals surface area contributed by atoms with Crippen molar-refractivity contribution in [3.8, 4) is 0 Å². The summed E-state index contributed by atoms with van der Waals surface area (Å²) < 4.78 is 11.3. The number of esters is 1. The van der Waals surface area contributed by atoms with Gasteiger partial charge in [0.2, 0.25) is 5.76 Å². The molecular weight excluding hydrogens is 272 g/mol. The zero-order valence-electron chi connectivity index (χ0n) is 8.99. The zero-order valence-corrected chi connectivity index (χ0v) is 10.6. The molecule has 0 amide bonds. The summed E-state index contributed by atoms with van der Waals surface area (Å²) in [5, 5.41) is 0.880. The van der Waals surface area contributed by atoms with Gasteiger partial charge in [-0.2, -0.15) is 0 Å². The molecule has 0 N–H and O–H groups in total. The first-order chi connectivity index (χ1) is 7.58. The van der Waals surface area contributed by atoms with Crippen molar-refractivity contribution in [1.82, 2.24) is 0 Å². The van der Waals surface area contributed by atoms with Crippen LogP contribution in [0.15, 0.2) is 33.2 Å². The van der Waals surface area contributed by atoms with Crippen molar-refractivity contribution in [2.24, 2.45) is 0 Å². The third kappa shape index (κ3) is 2.11. The maximum absolute atomic E-state index is 11.6. The molecule has 16 heavy (non-hydrogen) atoms. The molecule has 0 saturated carbocycles. The van der Waals surface area contributed by atoms with Gasteiger partial charge in [-0.3, -0.25) is 0 Å². The van der Waals surface area contributed by atoms with Gasteiger partial charge in [0.1, 0.15) is 5.58 Å². The summed E-state index contributed by atoms with van der Waals surface area (Å²) in [6.07, 6.45) is -0.149. The van der Waals surface area contributed by atoms with Gasteiger partial charge in [-0.05, 0) is 41.9 Å². The highest BCUT2D eigenvalue weighted by molar-refractivity contribution is 9.10. The fourth-order valence-electron chi connectivity index (χ4n) is 1.40. The highest BCUT2D eigenvalue weighted by Gasteiger charge is 2.15. The molecule has 0 saturated heterocycles. The van der Waals surface area contributed by atoms with Gasteiger partial charge in [-0.15, -0.1) is 0 Å². The van der Waals surface area contributed by atoms with Crippen molar-refractivity contribution in [1.29, 1.82) is 0 Å². The summed E-state index contributed by atoms with van der Waals surface area (Å²) in [7, 11) is 0. The van der Waals surface area contributed by atoms with Crippen LogP contribution in [-0.2, 0) is 4.74 Å². The topological polar surface area (TPSA) is 39.4 Å². The molecule has 4 heteroatoms. The summed E-state index contributed by atoms with van der Waals surface area (Å²) in [6.45, 7) is 3.60. The highest BCUT2D eigenvalue weighted by atomic mass is 79.9. The van der Waals surface area contributed by atoms with Crippen molar-refractivity contribution in [3.63, 3.8) is 0 Å². The van der Waals surface area contributed by atoms with Gasteiger partial charge >= 0.3 is 5.97 Å². The van der Waals surface area contributed by atoms with Crippen molar-refractivity contribution >= 4 is 32.9 Å². The Balaban J connectivity index is 2.40. The van der Waals surface area contributed by atoms with E-state index in [1.165, 1.54) is 0 Å². The number of hydrogen-bond donors (Lipinski definition) is 0. The molecule has 0 radical (unpaired) electrons. The van der Waals surface area contributed by atoms with Gasteiger partial charge in [-0.1, -0.05) is 12.1 Å². The molecule has 0 fully saturated rings. The van der Waals surface area contributed by atoms with E-state index in [2.05, 4.69) is 15.9 Å². The molecule has 0 spiro atoms. The SMILES string of the molecule is CC(C)OC(=O)c1cc2cccc(Br)c2o1. The van der Waals surface area contributed by atoms with Gasteiger partial charge in [0.15, 0.2) is 0 Å². The lowest BCUT2D eigenvalue weighted by atomic mass is 10.2. The fourth-order valence-corrected chi connectivity index (χ4v) is 1.86. The predicted molar refractivity (Wildman–Crippen MR) is 64.5 cm³/mol.